The van der Waals surface area contributed by atoms with Crippen molar-refractivity contribution in [3.63, 3.8) is 0 Å². The summed E-state index contributed by atoms with van der Waals surface area (Å²) in [4.78, 5) is 0. The molecule has 0 radical (unpaired) electrons. The van der Waals surface area contributed by atoms with Crippen LogP contribution in [0.3, 0.4) is 0 Å². The molecule has 0 spiro atoms. The lowest BCUT2D eigenvalue weighted by atomic mass is 10.1. The molecule has 0 saturated carbocycles. The monoisotopic (exact) mass is 301 g/mol. The van der Waals surface area contributed by atoms with Gasteiger partial charge in [-0.1, -0.05) is 22.9 Å². The minimum Gasteiger partial charge on any atom is -0.492 e. The summed E-state index contributed by atoms with van der Waals surface area (Å²) in [5.41, 5.74) is 0. The molecular weight excluding hydrogens is 282 g/mol. The highest BCUT2D eigenvalue weighted by Gasteiger charge is 2.03. The topological polar surface area (TPSA) is 41.5 Å². The third-order valence-electron chi connectivity index (χ3n) is 2.59. The van der Waals surface area contributed by atoms with E-state index in [1.807, 2.05) is 24.3 Å². The first-order valence-electron chi connectivity index (χ1n) is 5.99. The average Bonchev–Trinajstić information content (AvgIpc) is 2.35. The summed E-state index contributed by atoms with van der Waals surface area (Å²) < 4.78 is 6.64. The number of aliphatic hydroxyl groups excluding tert-OH is 1. The van der Waals surface area contributed by atoms with Gasteiger partial charge in [-0.3, -0.25) is 0 Å². The van der Waals surface area contributed by atoms with E-state index in [4.69, 9.17) is 9.84 Å². The second-order valence-corrected chi connectivity index (χ2v) is 4.79. The van der Waals surface area contributed by atoms with Crippen LogP contribution in [0.1, 0.15) is 19.8 Å². The number of hydrogen-bond donors (Lipinski definition) is 2. The normalized spacial score (nSPS) is 12.4. The van der Waals surface area contributed by atoms with E-state index in [9.17, 15) is 0 Å². The Hall–Kier alpha value is -0.580. The fourth-order valence-electron chi connectivity index (χ4n) is 1.57. The molecule has 17 heavy (non-hydrogen) atoms. The van der Waals surface area contributed by atoms with Crippen molar-refractivity contribution in [2.75, 3.05) is 19.8 Å². The highest BCUT2D eigenvalue weighted by molar-refractivity contribution is 9.10. The van der Waals surface area contributed by atoms with Gasteiger partial charge in [-0.25, -0.2) is 0 Å². The summed E-state index contributed by atoms with van der Waals surface area (Å²) in [5, 5.41) is 12.2. The number of aliphatic hydroxyl groups is 1. The Balaban J connectivity index is 2.17. The molecule has 1 aromatic rings. The maximum absolute atomic E-state index is 8.85. The van der Waals surface area contributed by atoms with Crippen LogP contribution in [0.15, 0.2) is 28.7 Å². The lowest BCUT2D eigenvalue weighted by molar-refractivity contribution is 0.252. The van der Waals surface area contributed by atoms with Gasteiger partial charge in [0.1, 0.15) is 12.4 Å². The van der Waals surface area contributed by atoms with Crippen LogP contribution in [-0.4, -0.2) is 30.9 Å². The SMILES string of the molecule is CCC(CCO)NCCOc1ccc(Br)cc1. The molecule has 0 amide bonds. The maximum Gasteiger partial charge on any atom is 0.119 e. The second kappa shape index (κ2) is 8.50. The number of nitrogens with one attached hydrogen (secondary N) is 1. The Morgan fingerprint density at radius 3 is 2.65 bits per heavy atom. The molecule has 0 bridgehead atoms. The number of hydrogen-bond acceptors (Lipinski definition) is 3. The summed E-state index contributed by atoms with van der Waals surface area (Å²) in [7, 11) is 0. The van der Waals surface area contributed by atoms with Crippen molar-refractivity contribution in [1.29, 1.82) is 0 Å². The van der Waals surface area contributed by atoms with Crippen LogP contribution in [0.25, 0.3) is 0 Å². The molecule has 3 nitrogen and oxygen atoms in total. The van der Waals surface area contributed by atoms with Gasteiger partial charge >= 0.3 is 0 Å². The molecule has 0 aliphatic rings. The number of rotatable bonds is 8. The zero-order chi connectivity index (χ0) is 12.5. The molecule has 96 valence electrons. The quantitative estimate of drug-likeness (QED) is 0.725. The van der Waals surface area contributed by atoms with Crippen LogP contribution in [0, 0.1) is 0 Å². The van der Waals surface area contributed by atoms with Crippen LogP contribution < -0.4 is 10.1 Å². The maximum atomic E-state index is 8.85. The van der Waals surface area contributed by atoms with Crippen LogP contribution >= 0.6 is 15.9 Å². The zero-order valence-electron chi connectivity index (χ0n) is 10.2. The molecular formula is C13H20BrNO2. The molecule has 0 aliphatic heterocycles. The highest BCUT2D eigenvalue weighted by Crippen LogP contribution is 2.15. The molecule has 4 heteroatoms. The van der Waals surface area contributed by atoms with Gasteiger partial charge in [0.2, 0.25) is 0 Å². The van der Waals surface area contributed by atoms with Gasteiger partial charge in [0.25, 0.3) is 0 Å². The summed E-state index contributed by atoms with van der Waals surface area (Å²) in [6.45, 7) is 3.79. The Morgan fingerprint density at radius 1 is 1.35 bits per heavy atom. The van der Waals surface area contributed by atoms with Gasteiger partial charge in [0.05, 0.1) is 0 Å². The summed E-state index contributed by atoms with van der Waals surface area (Å²) >= 11 is 3.38. The third-order valence-corrected chi connectivity index (χ3v) is 3.12. The van der Waals surface area contributed by atoms with Crippen molar-refractivity contribution in [3.8, 4) is 5.75 Å². The van der Waals surface area contributed by atoms with Crippen molar-refractivity contribution in [2.45, 2.75) is 25.8 Å². The molecule has 0 fully saturated rings. The van der Waals surface area contributed by atoms with Gasteiger partial charge in [-0.15, -0.1) is 0 Å². The van der Waals surface area contributed by atoms with Crippen molar-refractivity contribution < 1.29 is 9.84 Å². The van der Waals surface area contributed by atoms with E-state index in [0.717, 1.165) is 29.6 Å². The Bertz CT molecular complexity index is 303. The average molecular weight is 302 g/mol. The summed E-state index contributed by atoms with van der Waals surface area (Å²) in [6, 6.07) is 8.19. The van der Waals surface area contributed by atoms with E-state index in [2.05, 4.69) is 28.2 Å². The molecule has 0 saturated heterocycles. The molecule has 1 unspecified atom stereocenters. The standard InChI is InChI=1S/C13H20BrNO2/c1-2-12(7-9-16)15-8-10-17-13-5-3-11(14)4-6-13/h3-6,12,15-16H,2,7-10H2,1H3. The van der Waals surface area contributed by atoms with Crippen molar-refractivity contribution in [3.05, 3.63) is 28.7 Å². The van der Waals surface area contributed by atoms with Crippen LogP contribution in [-0.2, 0) is 0 Å². The van der Waals surface area contributed by atoms with E-state index < -0.39 is 0 Å². The van der Waals surface area contributed by atoms with E-state index in [1.54, 1.807) is 0 Å². The summed E-state index contributed by atoms with van der Waals surface area (Å²) in [6.07, 6.45) is 1.83. The predicted octanol–water partition coefficient (Wildman–Crippen LogP) is 2.58. The molecule has 2 N–H and O–H groups in total. The first kappa shape index (κ1) is 14.5. The summed E-state index contributed by atoms with van der Waals surface area (Å²) in [5.74, 6) is 0.880. The number of benzene rings is 1. The van der Waals surface area contributed by atoms with Gasteiger partial charge in [-0.2, -0.15) is 0 Å². The van der Waals surface area contributed by atoms with Gasteiger partial charge in [0, 0.05) is 23.7 Å². The third kappa shape index (κ3) is 6.05. The van der Waals surface area contributed by atoms with E-state index >= 15 is 0 Å². The molecule has 0 aromatic heterocycles. The minimum absolute atomic E-state index is 0.235. The van der Waals surface area contributed by atoms with Gasteiger partial charge in [0.15, 0.2) is 0 Å². The Kier molecular flexibility index (Phi) is 7.24. The predicted molar refractivity (Wildman–Crippen MR) is 73.4 cm³/mol. The number of ether oxygens (including phenoxy) is 1. The van der Waals surface area contributed by atoms with E-state index in [0.29, 0.717) is 12.6 Å². The fourth-order valence-corrected chi connectivity index (χ4v) is 1.83. The first-order valence-corrected chi connectivity index (χ1v) is 6.78. The van der Waals surface area contributed by atoms with Gasteiger partial charge in [-0.05, 0) is 37.1 Å². The van der Waals surface area contributed by atoms with Crippen LogP contribution in [0.2, 0.25) is 0 Å². The zero-order valence-corrected chi connectivity index (χ0v) is 11.7. The van der Waals surface area contributed by atoms with Crippen LogP contribution in [0.5, 0.6) is 5.75 Å². The number of halogens is 1. The molecule has 0 heterocycles. The van der Waals surface area contributed by atoms with Gasteiger partial charge < -0.3 is 15.2 Å². The smallest absolute Gasteiger partial charge is 0.119 e. The molecule has 0 aliphatic carbocycles. The lowest BCUT2D eigenvalue weighted by Crippen LogP contribution is -2.32. The molecule has 1 atom stereocenters. The van der Waals surface area contributed by atoms with E-state index in [1.165, 1.54) is 0 Å². The minimum atomic E-state index is 0.235. The fraction of sp³-hybridized carbons (Fsp3) is 0.538. The Labute approximate surface area is 111 Å². The first-order chi connectivity index (χ1) is 8.26. The second-order valence-electron chi connectivity index (χ2n) is 3.87. The highest BCUT2D eigenvalue weighted by atomic mass is 79.9. The van der Waals surface area contributed by atoms with Crippen molar-refractivity contribution >= 4 is 15.9 Å². The lowest BCUT2D eigenvalue weighted by Gasteiger charge is -2.15. The van der Waals surface area contributed by atoms with E-state index in [-0.39, 0.29) is 6.61 Å². The van der Waals surface area contributed by atoms with Crippen LogP contribution in [0.4, 0.5) is 0 Å². The Morgan fingerprint density at radius 2 is 2.06 bits per heavy atom. The van der Waals surface area contributed by atoms with Crippen molar-refractivity contribution in [1.82, 2.24) is 5.32 Å². The molecule has 1 aromatic carbocycles. The largest absolute Gasteiger partial charge is 0.492 e. The van der Waals surface area contributed by atoms with Crippen molar-refractivity contribution in [2.24, 2.45) is 0 Å². The molecule has 1 rings (SSSR count).